The van der Waals surface area contributed by atoms with Crippen LogP contribution in [0.15, 0.2) is 67.1 Å². The highest BCUT2D eigenvalue weighted by molar-refractivity contribution is 7.14. The highest BCUT2D eigenvalue weighted by Gasteiger charge is 2.16. The van der Waals surface area contributed by atoms with Gasteiger partial charge in [-0.2, -0.15) is 9.49 Å². The molecule has 0 aliphatic carbocycles. The van der Waals surface area contributed by atoms with E-state index in [2.05, 4.69) is 62.5 Å². The summed E-state index contributed by atoms with van der Waals surface area (Å²) in [5, 5.41) is 12.7. The van der Waals surface area contributed by atoms with E-state index in [0.717, 1.165) is 66.3 Å². The third kappa shape index (κ3) is 3.62. The first-order chi connectivity index (χ1) is 16.5. The SMILES string of the molecule is CC(C)Nc1cncc(-c2cnc3[nH]nc(-c4cc5c(-c6ccc(F)s6)cccc5[nH]4)c3c2)c1. The van der Waals surface area contributed by atoms with Gasteiger partial charge in [0, 0.05) is 62.5 Å². The Morgan fingerprint density at radius 2 is 1.85 bits per heavy atom. The summed E-state index contributed by atoms with van der Waals surface area (Å²) in [6.45, 7) is 4.19. The standard InChI is InChI=1S/C26H21FN6S/c1-14(2)30-17-8-15(11-28-13-17)16-9-20-25(32-33-26(20)29-12-16)22-10-19-18(4-3-5-21(19)31-22)23-6-7-24(27)34-23/h3-14,30-31H,1-2H3,(H,29,32,33). The van der Waals surface area contributed by atoms with E-state index in [1.807, 2.05) is 42.9 Å². The molecule has 0 fully saturated rings. The summed E-state index contributed by atoms with van der Waals surface area (Å²) in [6, 6.07) is 15.9. The van der Waals surface area contributed by atoms with Crippen molar-refractivity contribution < 1.29 is 4.39 Å². The van der Waals surface area contributed by atoms with Crippen LogP contribution in [-0.2, 0) is 0 Å². The number of thiophene rings is 1. The van der Waals surface area contributed by atoms with Crippen LogP contribution < -0.4 is 5.32 Å². The molecule has 0 amide bonds. The fourth-order valence-electron chi connectivity index (χ4n) is 4.23. The normalized spacial score (nSPS) is 11.6. The molecular formula is C26H21FN6S. The molecule has 0 aliphatic heterocycles. The largest absolute Gasteiger partial charge is 0.382 e. The van der Waals surface area contributed by atoms with Gasteiger partial charge in [-0.1, -0.05) is 12.1 Å². The van der Waals surface area contributed by atoms with Crippen molar-refractivity contribution in [2.45, 2.75) is 19.9 Å². The number of nitrogens with zero attached hydrogens (tertiary/aromatic N) is 3. The summed E-state index contributed by atoms with van der Waals surface area (Å²) in [4.78, 5) is 13.4. The molecule has 0 radical (unpaired) electrons. The summed E-state index contributed by atoms with van der Waals surface area (Å²) in [5.41, 5.74) is 7.24. The summed E-state index contributed by atoms with van der Waals surface area (Å²) in [7, 11) is 0. The lowest BCUT2D eigenvalue weighted by atomic mass is 10.1. The Morgan fingerprint density at radius 1 is 0.971 bits per heavy atom. The van der Waals surface area contributed by atoms with Crippen molar-refractivity contribution in [3.05, 3.63) is 72.3 Å². The van der Waals surface area contributed by atoms with Gasteiger partial charge in [0.05, 0.1) is 11.4 Å². The number of fused-ring (bicyclic) bond motifs is 2. The molecule has 0 aliphatic rings. The Bertz CT molecular complexity index is 1640. The molecule has 0 unspecified atom stereocenters. The smallest absolute Gasteiger partial charge is 0.176 e. The molecule has 8 heteroatoms. The fourth-order valence-corrected chi connectivity index (χ4v) is 5.00. The van der Waals surface area contributed by atoms with Crippen molar-refractivity contribution in [2.24, 2.45) is 0 Å². The number of anilines is 1. The highest BCUT2D eigenvalue weighted by Crippen LogP contribution is 2.37. The average molecular weight is 469 g/mol. The molecule has 3 N–H and O–H groups in total. The van der Waals surface area contributed by atoms with E-state index in [4.69, 9.17) is 0 Å². The number of pyridine rings is 2. The number of nitrogens with one attached hydrogen (secondary N) is 3. The van der Waals surface area contributed by atoms with Crippen molar-refractivity contribution in [3.8, 4) is 33.0 Å². The molecule has 5 heterocycles. The van der Waals surface area contributed by atoms with Gasteiger partial charge >= 0.3 is 0 Å². The topological polar surface area (TPSA) is 82.3 Å². The summed E-state index contributed by atoms with van der Waals surface area (Å²) < 4.78 is 13.7. The lowest BCUT2D eigenvalue weighted by molar-refractivity contribution is 0.657. The van der Waals surface area contributed by atoms with Crippen LogP contribution >= 0.6 is 11.3 Å². The second kappa shape index (κ2) is 8.07. The Balaban J connectivity index is 1.45. The predicted octanol–water partition coefficient (Wildman–Crippen LogP) is 6.86. The quantitative estimate of drug-likeness (QED) is 0.258. The molecule has 6 nitrogen and oxygen atoms in total. The molecule has 168 valence electrons. The van der Waals surface area contributed by atoms with Gasteiger partial charge in [-0.3, -0.25) is 10.1 Å². The van der Waals surface area contributed by atoms with Gasteiger partial charge in [0.15, 0.2) is 10.8 Å². The highest BCUT2D eigenvalue weighted by atomic mass is 32.1. The third-order valence-corrected chi connectivity index (χ3v) is 6.61. The minimum Gasteiger partial charge on any atom is -0.382 e. The van der Waals surface area contributed by atoms with E-state index in [1.54, 1.807) is 0 Å². The molecule has 0 saturated carbocycles. The number of halogens is 1. The van der Waals surface area contributed by atoms with Gasteiger partial charge < -0.3 is 10.3 Å². The first-order valence-electron chi connectivity index (χ1n) is 11.0. The number of hydrogen-bond donors (Lipinski definition) is 3. The van der Waals surface area contributed by atoms with E-state index in [0.29, 0.717) is 11.7 Å². The number of aromatic amines is 2. The monoisotopic (exact) mass is 468 g/mol. The lowest BCUT2D eigenvalue weighted by Crippen LogP contribution is -2.09. The van der Waals surface area contributed by atoms with E-state index in [-0.39, 0.29) is 5.13 Å². The maximum Gasteiger partial charge on any atom is 0.176 e. The van der Waals surface area contributed by atoms with Crippen LogP contribution in [0.2, 0.25) is 0 Å². The second-order valence-corrected chi connectivity index (χ2v) is 9.54. The Morgan fingerprint density at radius 3 is 2.68 bits per heavy atom. The minimum atomic E-state index is -0.193. The van der Waals surface area contributed by atoms with Crippen LogP contribution in [0.25, 0.3) is 54.9 Å². The van der Waals surface area contributed by atoms with Crippen molar-refractivity contribution in [3.63, 3.8) is 0 Å². The van der Waals surface area contributed by atoms with Gasteiger partial charge in [-0.25, -0.2) is 4.98 Å². The number of benzene rings is 1. The van der Waals surface area contributed by atoms with Gasteiger partial charge in [-0.15, -0.1) is 11.3 Å². The zero-order valence-corrected chi connectivity index (χ0v) is 19.4. The van der Waals surface area contributed by atoms with Gasteiger partial charge in [0.25, 0.3) is 0 Å². The van der Waals surface area contributed by atoms with Crippen LogP contribution in [0, 0.1) is 5.13 Å². The van der Waals surface area contributed by atoms with Crippen LogP contribution in [0.5, 0.6) is 0 Å². The molecule has 5 aromatic heterocycles. The maximum atomic E-state index is 13.7. The van der Waals surface area contributed by atoms with E-state index in [9.17, 15) is 4.39 Å². The third-order valence-electron chi connectivity index (χ3n) is 5.70. The van der Waals surface area contributed by atoms with Crippen LogP contribution in [0.3, 0.4) is 0 Å². The number of rotatable bonds is 5. The first kappa shape index (κ1) is 20.6. The fraction of sp³-hybridized carbons (Fsp3) is 0.115. The van der Waals surface area contributed by atoms with Gasteiger partial charge in [0.1, 0.15) is 5.69 Å². The van der Waals surface area contributed by atoms with Crippen LogP contribution in [-0.4, -0.2) is 31.2 Å². The van der Waals surface area contributed by atoms with Crippen molar-refractivity contribution >= 4 is 39.0 Å². The Hall–Kier alpha value is -4.04. The summed E-state index contributed by atoms with van der Waals surface area (Å²) >= 11 is 1.15. The molecule has 0 saturated heterocycles. The predicted molar refractivity (Wildman–Crippen MR) is 136 cm³/mol. The lowest BCUT2D eigenvalue weighted by Gasteiger charge is -2.10. The molecule has 6 aromatic rings. The van der Waals surface area contributed by atoms with E-state index in [1.165, 1.54) is 6.07 Å². The van der Waals surface area contributed by atoms with Crippen LogP contribution in [0.1, 0.15) is 13.8 Å². The minimum absolute atomic E-state index is 0.193. The number of aromatic nitrogens is 5. The summed E-state index contributed by atoms with van der Waals surface area (Å²) in [5.74, 6) is 0. The molecular weight excluding hydrogens is 447 g/mol. The maximum absolute atomic E-state index is 13.7. The molecule has 34 heavy (non-hydrogen) atoms. The van der Waals surface area contributed by atoms with Crippen molar-refractivity contribution in [2.75, 3.05) is 5.32 Å². The van der Waals surface area contributed by atoms with Gasteiger partial charge in [-0.05, 0) is 50.2 Å². The molecule has 6 rings (SSSR count). The molecule has 0 atom stereocenters. The number of H-pyrrole nitrogens is 2. The second-order valence-electron chi connectivity index (χ2n) is 8.51. The van der Waals surface area contributed by atoms with E-state index < -0.39 is 0 Å². The Kier molecular flexibility index (Phi) is 4.88. The number of hydrogen-bond acceptors (Lipinski definition) is 5. The van der Waals surface area contributed by atoms with E-state index >= 15 is 0 Å². The van der Waals surface area contributed by atoms with Crippen molar-refractivity contribution in [1.29, 1.82) is 0 Å². The Labute approximate surface area is 198 Å². The average Bonchev–Trinajstić information content (AvgIpc) is 3.55. The van der Waals surface area contributed by atoms with Crippen molar-refractivity contribution in [1.82, 2.24) is 25.1 Å². The molecule has 1 aromatic carbocycles. The summed E-state index contributed by atoms with van der Waals surface area (Å²) in [6.07, 6.45) is 5.48. The zero-order valence-electron chi connectivity index (χ0n) is 18.6. The molecule has 0 bridgehead atoms. The molecule has 0 spiro atoms. The van der Waals surface area contributed by atoms with Gasteiger partial charge in [0.2, 0.25) is 0 Å². The van der Waals surface area contributed by atoms with Crippen LogP contribution in [0.4, 0.5) is 10.1 Å². The first-order valence-corrected chi connectivity index (χ1v) is 11.8. The zero-order chi connectivity index (χ0) is 23.2.